The Kier molecular flexibility index (Phi) is 5.24. The summed E-state index contributed by atoms with van der Waals surface area (Å²) in [4.78, 5) is 7.38. The minimum absolute atomic E-state index is 0.227. The number of ether oxygens (including phenoxy) is 2. The number of aliphatic hydroxyl groups excluding tert-OH is 4. The van der Waals surface area contributed by atoms with Gasteiger partial charge in [-0.1, -0.05) is 17.7 Å². The topological polar surface area (TPSA) is 128 Å². The van der Waals surface area contributed by atoms with Crippen molar-refractivity contribution in [2.24, 2.45) is 0 Å². The molecular formula is C19H19ClN2O6. The highest BCUT2D eigenvalue weighted by molar-refractivity contribution is 6.32. The van der Waals surface area contributed by atoms with Gasteiger partial charge in [0.25, 0.3) is 0 Å². The van der Waals surface area contributed by atoms with Crippen LogP contribution < -0.4 is 4.74 Å². The molecule has 1 saturated heterocycles. The molecule has 4 rings (SSSR count). The second kappa shape index (κ2) is 7.67. The number of aromatic amines is 1. The zero-order valence-corrected chi connectivity index (χ0v) is 15.3. The van der Waals surface area contributed by atoms with E-state index in [1.54, 1.807) is 24.4 Å². The fourth-order valence-corrected chi connectivity index (χ4v) is 3.39. The molecule has 0 bridgehead atoms. The number of pyridine rings is 1. The number of fused-ring (bicyclic) bond motifs is 1. The average molecular weight is 407 g/mol. The predicted molar refractivity (Wildman–Crippen MR) is 101 cm³/mol. The monoisotopic (exact) mass is 406 g/mol. The third kappa shape index (κ3) is 3.46. The highest BCUT2D eigenvalue weighted by Gasteiger charge is 2.44. The molecule has 3 heterocycles. The van der Waals surface area contributed by atoms with Crippen molar-refractivity contribution in [2.75, 3.05) is 6.61 Å². The normalized spacial score (nSPS) is 27.8. The van der Waals surface area contributed by atoms with E-state index in [1.807, 2.05) is 18.3 Å². The van der Waals surface area contributed by atoms with Crippen LogP contribution in [0.4, 0.5) is 0 Å². The van der Waals surface area contributed by atoms with E-state index >= 15 is 0 Å². The molecule has 0 radical (unpaired) electrons. The van der Waals surface area contributed by atoms with E-state index in [0.29, 0.717) is 0 Å². The summed E-state index contributed by atoms with van der Waals surface area (Å²) in [6.45, 7) is -0.536. The number of hydrogen-bond donors (Lipinski definition) is 5. The van der Waals surface area contributed by atoms with Gasteiger partial charge >= 0.3 is 0 Å². The Labute approximate surface area is 164 Å². The number of hydrogen-bond acceptors (Lipinski definition) is 7. The summed E-state index contributed by atoms with van der Waals surface area (Å²) in [6.07, 6.45) is -3.29. The van der Waals surface area contributed by atoms with Gasteiger partial charge in [-0.2, -0.15) is 0 Å². The maximum Gasteiger partial charge on any atom is 0.229 e. The molecular weight excluding hydrogens is 388 g/mol. The van der Waals surface area contributed by atoms with Gasteiger partial charge in [0.1, 0.15) is 35.8 Å². The quantitative estimate of drug-likeness (QED) is 0.438. The molecule has 1 aliphatic heterocycles. The van der Waals surface area contributed by atoms with Gasteiger partial charge < -0.3 is 34.9 Å². The maximum atomic E-state index is 10.1. The largest absolute Gasteiger partial charge is 0.460 e. The van der Waals surface area contributed by atoms with Crippen LogP contribution in [-0.4, -0.2) is 67.7 Å². The van der Waals surface area contributed by atoms with Crippen LogP contribution in [-0.2, 0) is 4.74 Å². The van der Waals surface area contributed by atoms with Gasteiger partial charge in [-0.05, 0) is 29.8 Å². The van der Waals surface area contributed by atoms with Crippen LogP contribution in [0.2, 0.25) is 5.02 Å². The molecule has 1 aliphatic rings. The number of aliphatic hydroxyl groups is 4. The predicted octanol–water partition coefficient (Wildman–Crippen LogP) is 1.06. The fraction of sp³-hybridized carbons (Fsp3) is 0.316. The van der Waals surface area contributed by atoms with Gasteiger partial charge in [-0.3, -0.25) is 0 Å². The van der Waals surface area contributed by atoms with E-state index in [9.17, 15) is 20.4 Å². The van der Waals surface area contributed by atoms with E-state index in [1.165, 1.54) is 0 Å². The van der Waals surface area contributed by atoms with Crippen LogP contribution in [0.15, 0.2) is 42.7 Å². The highest BCUT2D eigenvalue weighted by Crippen LogP contribution is 2.33. The van der Waals surface area contributed by atoms with E-state index in [0.717, 1.165) is 22.2 Å². The van der Waals surface area contributed by atoms with E-state index in [-0.39, 0.29) is 10.8 Å². The van der Waals surface area contributed by atoms with Crippen molar-refractivity contribution < 1.29 is 29.9 Å². The molecule has 9 heteroatoms. The first-order chi connectivity index (χ1) is 13.5. The van der Waals surface area contributed by atoms with Gasteiger partial charge in [-0.25, -0.2) is 4.98 Å². The van der Waals surface area contributed by atoms with Crippen molar-refractivity contribution in [3.05, 3.63) is 47.7 Å². The summed E-state index contributed by atoms with van der Waals surface area (Å²) < 4.78 is 10.9. The molecule has 0 spiro atoms. The molecule has 28 heavy (non-hydrogen) atoms. The number of H-pyrrole nitrogens is 1. The van der Waals surface area contributed by atoms with Crippen molar-refractivity contribution in [3.8, 4) is 16.9 Å². The first-order valence-corrected chi connectivity index (χ1v) is 9.06. The third-order valence-electron chi connectivity index (χ3n) is 4.76. The minimum atomic E-state index is -1.52. The molecule has 148 valence electrons. The molecule has 1 aromatic carbocycles. The van der Waals surface area contributed by atoms with Crippen LogP contribution >= 0.6 is 11.6 Å². The Morgan fingerprint density at radius 2 is 1.89 bits per heavy atom. The first-order valence-electron chi connectivity index (χ1n) is 8.68. The minimum Gasteiger partial charge on any atom is -0.460 e. The van der Waals surface area contributed by atoms with E-state index in [2.05, 4.69) is 9.97 Å². The molecule has 8 nitrogen and oxygen atoms in total. The number of rotatable bonds is 4. The Hall–Kier alpha value is -2.20. The first kappa shape index (κ1) is 19.1. The van der Waals surface area contributed by atoms with Crippen molar-refractivity contribution in [1.82, 2.24) is 9.97 Å². The fourth-order valence-electron chi connectivity index (χ4n) is 3.16. The molecule has 0 saturated carbocycles. The smallest absolute Gasteiger partial charge is 0.229 e. The summed E-state index contributed by atoms with van der Waals surface area (Å²) in [5.41, 5.74) is 2.48. The Balaban J connectivity index is 1.56. The number of nitrogens with zero attached hydrogens (tertiary/aromatic N) is 1. The second-order valence-corrected chi connectivity index (χ2v) is 7.01. The van der Waals surface area contributed by atoms with Crippen molar-refractivity contribution >= 4 is 22.6 Å². The van der Waals surface area contributed by atoms with Crippen molar-refractivity contribution in [2.45, 2.75) is 30.7 Å². The van der Waals surface area contributed by atoms with Crippen LogP contribution in [0.5, 0.6) is 5.75 Å². The molecule has 2 aromatic heterocycles. The Morgan fingerprint density at radius 1 is 1.07 bits per heavy atom. The van der Waals surface area contributed by atoms with Crippen molar-refractivity contribution in [1.29, 1.82) is 0 Å². The number of aromatic nitrogens is 2. The lowest BCUT2D eigenvalue weighted by Gasteiger charge is -2.39. The number of halogens is 1. The van der Waals surface area contributed by atoms with Crippen LogP contribution in [0, 0.1) is 0 Å². The van der Waals surface area contributed by atoms with Gasteiger partial charge in [0, 0.05) is 23.3 Å². The summed E-state index contributed by atoms with van der Waals surface area (Å²) >= 11 is 6.33. The molecule has 5 N–H and O–H groups in total. The lowest BCUT2D eigenvalue weighted by molar-refractivity contribution is -0.277. The van der Waals surface area contributed by atoms with Crippen LogP contribution in [0.3, 0.4) is 0 Å². The summed E-state index contributed by atoms with van der Waals surface area (Å²) in [6, 6.07) is 8.98. The zero-order chi connectivity index (χ0) is 19.8. The number of benzene rings is 1. The van der Waals surface area contributed by atoms with Crippen molar-refractivity contribution in [3.63, 3.8) is 0 Å². The van der Waals surface area contributed by atoms with Gasteiger partial charge in [0.2, 0.25) is 6.29 Å². The molecule has 0 aliphatic carbocycles. The second-order valence-electron chi connectivity index (χ2n) is 6.60. The summed E-state index contributed by atoms with van der Waals surface area (Å²) in [7, 11) is 0. The lowest BCUT2D eigenvalue weighted by atomic mass is 9.99. The third-order valence-corrected chi connectivity index (χ3v) is 5.05. The van der Waals surface area contributed by atoms with Crippen LogP contribution in [0.25, 0.3) is 22.2 Å². The standard InChI is InChI=1S/C19H19ClN2O6/c20-12-6-9(11-5-10-3-4-21-18(10)22-7-11)1-2-13(12)27-19-17(26)16(25)15(24)14(8-23)28-19/h1-7,14-17,19,23-26H,8H2,(H,21,22)/t14-,15-,16+,17+,19+/m1/s1. The highest BCUT2D eigenvalue weighted by atomic mass is 35.5. The summed E-state index contributed by atoms with van der Waals surface area (Å²) in [5, 5.41) is 40.3. The van der Waals surface area contributed by atoms with E-state index in [4.69, 9.17) is 21.1 Å². The lowest BCUT2D eigenvalue weighted by Crippen LogP contribution is -2.60. The summed E-state index contributed by atoms with van der Waals surface area (Å²) in [5.74, 6) is 0.227. The maximum absolute atomic E-state index is 10.1. The SMILES string of the molecule is OC[C@H]1O[C@H](Oc2ccc(-c3cnc4[nH]ccc4c3)cc2Cl)[C@@H](O)[C@@H](O)[C@@H]1O. The number of nitrogens with one attached hydrogen (secondary N) is 1. The Morgan fingerprint density at radius 3 is 2.64 bits per heavy atom. The molecule has 5 atom stereocenters. The Bertz CT molecular complexity index is 978. The molecule has 1 fully saturated rings. The molecule has 3 aromatic rings. The van der Waals surface area contributed by atoms with Gasteiger partial charge in [-0.15, -0.1) is 0 Å². The molecule has 0 unspecified atom stereocenters. The zero-order valence-electron chi connectivity index (χ0n) is 14.6. The van der Waals surface area contributed by atoms with Gasteiger partial charge in [0.15, 0.2) is 0 Å². The average Bonchev–Trinajstić information content (AvgIpc) is 3.17. The van der Waals surface area contributed by atoms with E-state index < -0.39 is 37.3 Å². The van der Waals surface area contributed by atoms with Crippen LogP contribution in [0.1, 0.15) is 0 Å². The molecule has 0 amide bonds. The van der Waals surface area contributed by atoms with Gasteiger partial charge in [0.05, 0.1) is 11.6 Å².